The van der Waals surface area contributed by atoms with Crippen molar-refractivity contribution < 1.29 is 10.2 Å². The molecule has 0 unspecified atom stereocenters. The van der Waals surface area contributed by atoms with Crippen LogP contribution >= 0.6 is 0 Å². The minimum atomic E-state index is 0.0227. The Morgan fingerprint density at radius 2 is 1.50 bits per heavy atom. The van der Waals surface area contributed by atoms with Crippen LogP contribution in [0.2, 0.25) is 0 Å². The number of nitrogens with zero attached hydrogens (tertiary/aromatic N) is 1. The fourth-order valence-corrected chi connectivity index (χ4v) is 1.36. The van der Waals surface area contributed by atoms with E-state index >= 15 is 0 Å². The summed E-state index contributed by atoms with van der Waals surface area (Å²) in [4.78, 5) is 4.21. The van der Waals surface area contributed by atoms with E-state index in [0.717, 1.165) is 5.69 Å². The molecule has 0 saturated heterocycles. The lowest BCUT2D eigenvalue weighted by molar-refractivity contribution is 0.450. The van der Waals surface area contributed by atoms with Crippen molar-refractivity contribution in [2.75, 3.05) is 0 Å². The zero-order valence-electron chi connectivity index (χ0n) is 8.54. The standard InChI is InChI=1S/C13H11NO2/c15-12-6-10(7-13(16)8-12)9-14-11-4-2-1-3-5-11/h1-9,15-16H. The fraction of sp³-hybridized carbons (Fsp3) is 0. The molecule has 0 spiro atoms. The Labute approximate surface area is 93.3 Å². The lowest BCUT2D eigenvalue weighted by Crippen LogP contribution is -1.80. The minimum absolute atomic E-state index is 0.0227. The third kappa shape index (κ3) is 2.60. The average Bonchev–Trinajstić information content (AvgIpc) is 2.27. The normalized spacial score (nSPS) is 10.8. The first-order chi connectivity index (χ1) is 7.74. The highest BCUT2D eigenvalue weighted by molar-refractivity contribution is 5.83. The highest BCUT2D eigenvalue weighted by atomic mass is 16.3. The van der Waals surface area contributed by atoms with Gasteiger partial charge in [0.2, 0.25) is 0 Å². The van der Waals surface area contributed by atoms with Crippen molar-refractivity contribution in [1.29, 1.82) is 0 Å². The summed E-state index contributed by atoms with van der Waals surface area (Å²) in [7, 11) is 0. The second kappa shape index (κ2) is 4.49. The van der Waals surface area contributed by atoms with Crippen molar-refractivity contribution in [3.63, 3.8) is 0 Å². The van der Waals surface area contributed by atoms with Crippen molar-refractivity contribution in [2.45, 2.75) is 0 Å². The van der Waals surface area contributed by atoms with E-state index in [9.17, 15) is 10.2 Å². The van der Waals surface area contributed by atoms with Crippen molar-refractivity contribution in [1.82, 2.24) is 0 Å². The maximum absolute atomic E-state index is 9.27. The lowest BCUT2D eigenvalue weighted by Gasteiger charge is -1.97. The van der Waals surface area contributed by atoms with Crippen LogP contribution in [0.15, 0.2) is 53.5 Å². The number of para-hydroxylation sites is 1. The molecule has 0 atom stereocenters. The van der Waals surface area contributed by atoms with Gasteiger partial charge in [0.15, 0.2) is 0 Å². The molecule has 2 N–H and O–H groups in total. The van der Waals surface area contributed by atoms with E-state index < -0.39 is 0 Å². The summed E-state index contributed by atoms with van der Waals surface area (Å²) in [6, 6.07) is 13.8. The molecular weight excluding hydrogens is 202 g/mol. The Kier molecular flexibility index (Phi) is 2.87. The second-order valence-corrected chi connectivity index (χ2v) is 3.38. The predicted octanol–water partition coefficient (Wildman–Crippen LogP) is 2.85. The van der Waals surface area contributed by atoms with Gasteiger partial charge in [0.1, 0.15) is 11.5 Å². The van der Waals surface area contributed by atoms with Crippen LogP contribution in [-0.2, 0) is 0 Å². The van der Waals surface area contributed by atoms with Gasteiger partial charge in [-0.1, -0.05) is 18.2 Å². The number of aliphatic imine (C=N–C) groups is 1. The summed E-state index contributed by atoms with van der Waals surface area (Å²) < 4.78 is 0. The van der Waals surface area contributed by atoms with Gasteiger partial charge < -0.3 is 10.2 Å². The summed E-state index contributed by atoms with van der Waals surface area (Å²) in [5.41, 5.74) is 1.48. The van der Waals surface area contributed by atoms with Crippen LogP contribution in [0.5, 0.6) is 11.5 Å². The Morgan fingerprint density at radius 3 is 2.12 bits per heavy atom. The van der Waals surface area contributed by atoms with E-state index in [-0.39, 0.29) is 11.5 Å². The molecule has 0 aliphatic rings. The number of hydrogen-bond donors (Lipinski definition) is 2. The van der Waals surface area contributed by atoms with E-state index in [0.29, 0.717) is 5.56 Å². The molecule has 3 nitrogen and oxygen atoms in total. The minimum Gasteiger partial charge on any atom is -0.508 e. The zero-order valence-corrected chi connectivity index (χ0v) is 8.54. The molecule has 0 heterocycles. The van der Waals surface area contributed by atoms with Gasteiger partial charge >= 0.3 is 0 Å². The summed E-state index contributed by atoms with van der Waals surface area (Å²) in [5.74, 6) is 0.0454. The maximum Gasteiger partial charge on any atom is 0.119 e. The highest BCUT2D eigenvalue weighted by Crippen LogP contribution is 2.19. The fourth-order valence-electron chi connectivity index (χ4n) is 1.36. The summed E-state index contributed by atoms with van der Waals surface area (Å²) >= 11 is 0. The molecule has 0 aromatic heterocycles. The van der Waals surface area contributed by atoms with Crippen molar-refractivity contribution >= 4 is 11.9 Å². The number of phenols is 2. The van der Waals surface area contributed by atoms with Crippen molar-refractivity contribution in [3.8, 4) is 11.5 Å². The Bertz CT molecular complexity index is 486. The SMILES string of the molecule is Oc1cc(O)cc(C=Nc2ccccc2)c1. The zero-order chi connectivity index (χ0) is 11.4. The van der Waals surface area contributed by atoms with Crippen LogP contribution in [0.4, 0.5) is 5.69 Å². The van der Waals surface area contributed by atoms with Gasteiger partial charge in [0.05, 0.1) is 5.69 Å². The molecule has 0 saturated carbocycles. The number of benzene rings is 2. The van der Waals surface area contributed by atoms with E-state index in [2.05, 4.69) is 4.99 Å². The first-order valence-corrected chi connectivity index (χ1v) is 4.86. The average molecular weight is 213 g/mol. The van der Waals surface area contributed by atoms with Crippen LogP contribution in [-0.4, -0.2) is 16.4 Å². The van der Waals surface area contributed by atoms with Crippen LogP contribution in [0.3, 0.4) is 0 Å². The molecule has 0 amide bonds. The second-order valence-electron chi connectivity index (χ2n) is 3.38. The molecule has 0 radical (unpaired) electrons. The molecule has 0 aliphatic heterocycles. The quantitative estimate of drug-likeness (QED) is 0.753. The lowest BCUT2D eigenvalue weighted by atomic mass is 10.2. The third-order valence-electron chi connectivity index (χ3n) is 2.04. The van der Waals surface area contributed by atoms with Gasteiger partial charge in [-0.15, -0.1) is 0 Å². The van der Waals surface area contributed by atoms with Gasteiger partial charge in [0, 0.05) is 17.8 Å². The van der Waals surface area contributed by atoms with Gasteiger partial charge in [-0.25, -0.2) is 0 Å². The first-order valence-electron chi connectivity index (χ1n) is 4.86. The Morgan fingerprint density at radius 1 is 0.875 bits per heavy atom. The molecule has 80 valence electrons. The van der Waals surface area contributed by atoms with Gasteiger partial charge in [-0.2, -0.15) is 0 Å². The maximum atomic E-state index is 9.27. The number of hydrogen-bond acceptors (Lipinski definition) is 3. The Balaban J connectivity index is 2.24. The van der Waals surface area contributed by atoms with Crippen LogP contribution in [0, 0.1) is 0 Å². The number of rotatable bonds is 2. The van der Waals surface area contributed by atoms with Crippen LogP contribution in [0.25, 0.3) is 0 Å². The molecule has 0 aliphatic carbocycles. The van der Waals surface area contributed by atoms with E-state index in [1.165, 1.54) is 18.2 Å². The molecule has 0 fully saturated rings. The number of aromatic hydroxyl groups is 2. The van der Waals surface area contributed by atoms with Crippen LogP contribution in [0.1, 0.15) is 5.56 Å². The van der Waals surface area contributed by atoms with Crippen molar-refractivity contribution in [3.05, 3.63) is 54.1 Å². The van der Waals surface area contributed by atoms with E-state index in [4.69, 9.17) is 0 Å². The van der Waals surface area contributed by atoms with Crippen molar-refractivity contribution in [2.24, 2.45) is 4.99 Å². The summed E-state index contributed by atoms with van der Waals surface area (Å²) in [5, 5.41) is 18.5. The largest absolute Gasteiger partial charge is 0.508 e. The monoisotopic (exact) mass is 213 g/mol. The summed E-state index contributed by atoms with van der Waals surface area (Å²) in [6.07, 6.45) is 1.59. The third-order valence-corrected chi connectivity index (χ3v) is 2.04. The highest BCUT2D eigenvalue weighted by Gasteiger charge is 1.96. The van der Waals surface area contributed by atoms with Crippen LogP contribution < -0.4 is 0 Å². The molecule has 0 bridgehead atoms. The Hall–Kier alpha value is -2.29. The van der Waals surface area contributed by atoms with E-state index in [1.807, 2.05) is 30.3 Å². The smallest absolute Gasteiger partial charge is 0.119 e. The molecule has 2 aromatic rings. The molecule has 16 heavy (non-hydrogen) atoms. The van der Waals surface area contributed by atoms with Gasteiger partial charge in [-0.05, 0) is 24.3 Å². The predicted molar refractivity (Wildman–Crippen MR) is 63.5 cm³/mol. The molecule has 3 heteroatoms. The summed E-state index contributed by atoms with van der Waals surface area (Å²) in [6.45, 7) is 0. The number of phenolic OH excluding ortho intramolecular Hbond substituents is 2. The molecule has 2 rings (SSSR count). The molecule has 2 aromatic carbocycles. The van der Waals surface area contributed by atoms with E-state index in [1.54, 1.807) is 6.21 Å². The first kappa shape index (κ1) is 10.2. The molecular formula is C13H11NO2. The topological polar surface area (TPSA) is 52.8 Å². The van der Waals surface area contributed by atoms with Gasteiger partial charge in [0.25, 0.3) is 0 Å². The van der Waals surface area contributed by atoms with Gasteiger partial charge in [-0.3, -0.25) is 4.99 Å².